The number of hydrogen-bond acceptors (Lipinski definition) is 3. The number of halogens is 1. The van der Waals surface area contributed by atoms with Crippen molar-refractivity contribution in [3.05, 3.63) is 29.6 Å². The van der Waals surface area contributed by atoms with E-state index >= 15 is 0 Å². The molecule has 1 aromatic rings. The smallest absolute Gasteiger partial charge is 0.147 e. The van der Waals surface area contributed by atoms with Crippen molar-refractivity contribution in [1.82, 2.24) is 4.90 Å². The summed E-state index contributed by atoms with van der Waals surface area (Å²) in [5, 5.41) is 8.83. The van der Waals surface area contributed by atoms with Crippen molar-refractivity contribution in [1.29, 1.82) is 5.26 Å². The number of anilines is 1. The second-order valence-electron chi connectivity index (χ2n) is 7.04. The van der Waals surface area contributed by atoms with Crippen LogP contribution in [0, 0.1) is 29.0 Å². The molecule has 3 nitrogen and oxygen atoms in total. The Balaban J connectivity index is 1.41. The third kappa shape index (κ3) is 2.38. The Hall–Kier alpha value is -1.60. The molecule has 2 bridgehead atoms. The topological polar surface area (TPSA) is 30.3 Å². The predicted octanol–water partition coefficient (Wildman–Crippen LogP) is 3.01. The van der Waals surface area contributed by atoms with Gasteiger partial charge in [0.2, 0.25) is 0 Å². The van der Waals surface area contributed by atoms with Gasteiger partial charge in [-0.25, -0.2) is 4.39 Å². The minimum atomic E-state index is -0.271. The number of benzene rings is 1. The fraction of sp³-hybridized carbons (Fsp3) is 0.611. The fourth-order valence-electron chi connectivity index (χ4n) is 4.79. The Morgan fingerprint density at radius 1 is 1.09 bits per heavy atom. The molecule has 0 radical (unpaired) electrons. The van der Waals surface area contributed by atoms with E-state index in [1.54, 1.807) is 12.1 Å². The van der Waals surface area contributed by atoms with Gasteiger partial charge in [0.25, 0.3) is 0 Å². The summed E-state index contributed by atoms with van der Waals surface area (Å²) < 4.78 is 14.1. The van der Waals surface area contributed by atoms with Crippen molar-refractivity contribution in [2.45, 2.75) is 31.7 Å². The highest BCUT2D eigenvalue weighted by atomic mass is 19.1. The van der Waals surface area contributed by atoms with Gasteiger partial charge in [0, 0.05) is 32.2 Å². The van der Waals surface area contributed by atoms with Crippen molar-refractivity contribution in [2.24, 2.45) is 11.8 Å². The van der Waals surface area contributed by atoms with Crippen LogP contribution >= 0.6 is 0 Å². The Kier molecular flexibility index (Phi) is 3.54. The zero-order valence-electron chi connectivity index (χ0n) is 12.8. The van der Waals surface area contributed by atoms with Crippen molar-refractivity contribution in [2.75, 3.05) is 31.1 Å². The predicted molar refractivity (Wildman–Crippen MR) is 84.1 cm³/mol. The molecular weight excluding hydrogens is 277 g/mol. The Labute approximate surface area is 131 Å². The van der Waals surface area contributed by atoms with Gasteiger partial charge in [-0.3, -0.25) is 4.90 Å². The van der Waals surface area contributed by atoms with Gasteiger partial charge >= 0.3 is 0 Å². The summed E-state index contributed by atoms with van der Waals surface area (Å²) in [5.41, 5.74) is 1.04. The zero-order chi connectivity index (χ0) is 15.1. The van der Waals surface area contributed by atoms with Crippen LogP contribution in [0.5, 0.6) is 0 Å². The second kappa shape index (κ2) is 5.55. The largest absolute Gasteiger partial charge is 0.367 e. The summed E-state index contributed by atoms with van der Waals surface area (Å²) in [5.74, 6) is 1.62. The molecule has 4 heteroatoms. The Bertz CT molecular complexity index is 601. The van der Waals surface area contributed by atoms with E-state index in [0.29, 0.717) is 11.3 Å². The molecule has 3 fully saturated rings. The third-order valence-corrected chi connectivity index (χ3v) is 5.90. The number of nitriles is 1. The summed E-state index contributed by atoms with van der Waals surface area (Å²) in [6.45, 7) is 3.84. The first-order valence-corrected chi connectivity index (χ1v) is 8.43. The van der Waals surface area contributed by atoms with E-state index < -0.39 is 0 Å². The molecule has 0 N–H and O–H groups in total. The number of nitrogens with zero attached hydrogens (tertiary/aromatic N) is 3. The first kappa shape index (κ1) is 14.0. The van der Waals surface area contributed by atoms with E-state index in [1.807, 2.05) is 6.07 Å². The summed E-state index contributed by atoms with van der Waals surface area (Å²) in [7, 11) is 0. The molecule has 0 amide bonds. The van der Waals surface area contributed by atoms with Gasteiger partial charge in [0.15, 0.2) is 0 Å². The highest BCUT2D eigenvalue weighted by molar-refractivity contribution is 5.51. The molecule has 22 heavy (non-hydrogen) atoms. The Morgan fingerprint density at radius 3 is 2.50 bits per heavy atom. The average Bonchev–Trinajstić information content (AvgIpc) is 3.18. The highest BCUT2D eigenvalue weighted by Gasteiger charge is 2.42. The fourth-order valence-corrected chi connectivity index (χ4v) is 4.79. The molecule has 3 unspecified atom stereocenters. The van der Waals surface area contributed by atoms with Crippen LogP contribution in [0.1, 0.15) is 31.2 Å². The van der Waals surface area contributed by atoms with Crippen LogP contribution < -0.4 is 4.90 Å². The van der Waals surface area contributed by atoms with Gasteiger partial charge in [-0.1, -0.05) is 6.42 Å². The molecule has 1 aromatic carbocycles. The molecule has 116 valence electrons. The molecule has 3 aliphatic rings. The summed E-state index contributed by atoms with van der Waals surface area (Å²) in [6, 6.07) is 7.58. The van der Waals surface area contributed by atoms with Gasteiger partial charge < -0.3 is 4.90 Å². The maximum atomic E-state index is 14.1. The summed E-state index contributed by atoms with van der Waals surface area (Å²) >= 11 is 0. The van der Waals surface area contributed by atoms with Gasteiger partial charge in [-0.2, -0.15) is 5.26 Å². The van der Waals surface area contributed by atoms with Crippen LogP contribution in [0.2, 0.25) is 0 Å². The first-order chi connectivity index (χ1) is 10.7. The normalized spacial score (nSPS) is 31.5. The van der Waals surface area contributed by atoms with Crippen molar-refractivity contribution in [3.63, 3.8) is 0 Å². The molecular formula is C18H22FN3. The lowest BCUT2D eigenvalue weighted by Gasteiger charge is -2.41. The average molecular weight is 299 g/mol. The standard InChI is InChI=1S/C18H22FN3/c19-16-10-14(12-20)2-4-17(16)21-5-7-22(8-6-21)18-11-13-1-3-15(18)9-13/h2,4,10,13,15,18H,1,3,5-9,11H2. The van der Waals surface area contributed by atoms with E-state index in [4.69, 9.17) is 5.26 Å². The van der Waals surface area contributed by atoms with Gasteiger partial charge in [-0.05, 0) is 49.3 Å². The SMILES string of the molecule is N#Cc1ccc(N2CCN(C3CC4CCC3C4)CC2)c(F)c1. The lowest BCUT2D eigenvalue weighted by atomic mass is 9.93. The molecule has 3 atom stereocenters. The zero-order valence-corrected chi connectivity index (χ0v) is 12.8. The minimum absolute atomic E-state index is 0.271. The van der Waals surface area contributed by atoms with Crippen molar-refractivity contribution < 1.29 is 4.39 Å². The maximum Gasteiger partial charge on any atom is 0.147 e. The number of piperazine rings is 1. The van der Waals surface area contributed by atoms with Crippen LogP contribution in [0.4, 0.5) is 10.1 Å². The Morgan fingerprint density at radius 2 is 1.91 bits per heavy atom. The number of rotatable bonds is 2. The van der Waals surface area contributed by atoms with E-state index in [9.17, 15) is 4.39 Å². The molecule has 1 saturated heterocycles. The molecule has 0 aromatic heterocycles. The van der Waals surface area contributed by atoms with Crippen LogP contribution in [-0.4, -0.2) is 37.1 Å². The molecule has 0 spiro atoms. The van der Waals surface area contributed by atoms with Crippen LogP contribution in [0.15, 0.2) is 18.2 Å². The molecule has 1 heterocycles. The van der Waals surface area contributed by atoms with Crippen LogP contribution in [-0.2, 0) is 0 Å². The minimum Gasteiger partial charge on any atom is -0.367 e. The first-order valence-electron chi connectivity index (χ1n) is 8.43. The summed E-state index contributed by atoms with van der Waals surface area (Å²) in [4.78, 5) is 4.77. The third-order valence-electron chi connectivity index (χ3n) is 5.90. The molecule has 1 aliphatic heterocycles. The van der Waals surface area contributed by atoms with Crippen LogP contribution in [0.3, 0.4) is 0 Å². The van der Waals surface area contributed by atoms with E-state index in [0.717, 1.165) is 44.1 Å². The van der Waals surface area contributed by atoms with E-state index in [2.05, 4.69) is 9.80 Å². The second-order valence-corrected chi connectivity index (χ2v) is 7.04. The number of fused-ring (bicyclic) bond motifs is 2. The van der Waals surface area contributed by atoms with Crippen molar-refractivity contribution in [3.8, 4) is 6.07 Å². The summed E-state index contributed by atoms with van der Waals surface area (Å²) in [6.07, 6.45) is 5.68. The lowest BCUT2D eigenvalue weighted by Crippen LogP contribution is -2.52. The molecule has 2 aliphatic carbocycles. The van der Waals surface area contributed by atoms with E-state index in [-0.39, 0.29) is 5.82 Å². The monoisotopic (exact) mass is 299 g/mol. The van der Waals surface area contributed by atoms with Gasteiger partial charge in [-0.15, -0.1) is 0 Å². The lowest BCUT2D eigenvalue weighted by molar-refractivity contribution is 0.134. The van der Waals surface area contributed by atoms with E-state index in [1.165, 1.54) is 31.7 Å². The van der Waals surface area contributed by atoms with Crippen molar-refractivity contribution >= 4 is 5.69 Å². The number of hydrogen-bond donors (Lipinski definition) is 0. The molecule has 4 rings (SSSR count). The van der Waals surface area contributed by atoms with Gasteiger partial charge in [0.05, 0.1) is 17.3 Å². The molecule has 2 saturated carbocycles. The van der Waals surface area contributed by atoms with Gasteiger partial charge in [0.1, 0.15) is 5.82 Å². The van der Waals surface area contributed by atoms with Crippen LogP contribution in [0.25, 0.3) is 0 Å². The highest BCUT2D eigenvalue weighted by Crippen LogP contribution is 2.46. The maximum absolute atomic E-state index is 14.1. The quantitative estimate of drug-likeness (QED) is 0.841.